The van der Waals surface area contributed by atoms with Gasteiger partial charge in [0.25, 0.3) is 0 Å². The Morgan fingerprint density at radius 1 is 0.650 bits per heavy atom. The Kier molecular flexibility index (Phi) is 4.40. The highest BCUT2D eigenvalue weighted by Gasteiger charge is 2.24. The summed E-state index contributed by atoms with van der Waals surface area (Å²) in [5.74, 6) is 6.75. The summed E-state index contributed by atoms with van der Waals surface area (Å²) >= 11 is 0. The van der Waals surface area contributed by atoms with Crippen LogP contribution >= 0.6 is 0 Å². The standard InChI is InChI=1S/C36H28N4/c37-40-31-18-10-8-16-26(31)28-21-33-29(22-34(28)40)35-32(38(33)23-11-3-1-4-12-23)20-19-27-25-15-7-9-17-30(25)39(36(27)35)24-13-5-2-6-14-24/h1,3-5,7-11,13-23H,2,6,12,37H2. The molecule has 3 heterocycles. The van der Waals surface area contributed by atoms with Gasteiger partial charge in [0, 0.05) is 38.0 Å². The molecule has 0 saturated heterocycles. The lowest BCUT2D eigenvalue weighted by molar-refractivity contribution is 0.648. The first kappa shape index (κ1) is 21.9. The molecule has 2 aliphatic rings. The molecule has 4 nitrogen and oxygen atoms in total. The van der Waals surface area contributed by atoms with Crippen LogP contribution in [-0.4, -0.2) is 13.8 Å². The molecule has 9 rings (SSSR count). The summed E-state index contributed by atoms with van der Waals surface area (Å²) in [6, 6.07) is 26.9. The van der Waals surface area contributed by atoms with Crippen LogP contribution in [0.1, 0.15) is 25.3 Å². The number of aromatic nitrogens is 3. The largest absolute Gasteiger partial charge is 0.339 e. The molecule has 192 valence electrons. The Balaban J connectivity index is 1.53. The Labute approximate surface area is 231 Å². The van der Waals surface area contributed by atoms with Crippen molar-refractivity contribution in [2.24, 2.45) is 0 Å². The van der Waals surface area contributed by atoms with Crippen LogP contribution in [0.5, 0.6) is 0 Å². The maximum atomic E-state index is 6.75. The molecule has 0 fully saturated rings. The zero-order valence-electron chi connectivity index (χ0n) is 22.1. The number of nitrogens with two attached hydrogens (primary N) is 1. The Morgan fingerprint density at radius 2 is 1.45 bits per heavy atom. The van der Waals surface area contributed by atoms with Gasteiger partial charge in [0.05, 0.1) is 39.1 Å². The number of nitrogen functional groups attached to an aromatic ring is 1. The smallest absolute Gasteiger partial charge is 0.0711 e. The maximum absolute atomic E-state index is 6.75. The number of benzene rings is 4. The highest BCUT2D eigenvalue weighted by Crippen LogP contribution is 2.44. The van der Waals surface area contributed by atoms with Gasteiger partial charge >= 0.3 is 0 Å². The number of hydrogen-bond acceptors (Lipinski definition) is 1. The fourth-order valence-corrected chi connectivity index (χ4v) is 7.23. The van der Waals surface area contributed by atoms with Crippen LogP contribution in [0.2, 0.25) is 0 Å². The minimum Gasteiger partial charge on any atom is -0.339 e. The quantitative estimate of drug-likeness (QED) is 0.229. The van der Waals surface area contributed by atoms with E-state index in [1.165, 1.54) is 60.1 Å². The van der Waals surface area contributed by atoms with E-state index < -0.39 is 0 Å². The Morgan fingerprint density at radius 3 is 2.25 bits per heavy atom. The van der Waals surface area contributed by atoms with E-state index in [0.717, 1.165) is 30.3 Å². The van der Waals surface area contributed by atoms with Gasteiger partial charge < -0.3 is 15.0 Å². The number of hydrogen-bond donors (Lipinski definition) is 1. The first-order valence-corrected chi connectivity index (χ1v) is 14.2. The summed E-state index contributed by atoms with van der Waals surface area (Å²) in [5.41, 5.74) is 8.40. The lowest BCUT2D eigenvalue weighted by Crippen LogP contribution is -2.07. The van der Waals surface area contributed by atoms with Crippen molar-refractivity contribution in [3.63, 3.8) is 0 Å². The second kappa shape index (κ2) is 8.03. The lowest BCUT2D eigenvalue weighted by atomic mass is 10.1. The molecule has 2 N–H and O–H groups in total. The van der Waals surface area contributed by atoms with E-state index >= 15 is 0 Å². The van der Waals surface area contributed by atoms with Crippen LogP contribution in [0.15, 0.2) is 115 Å². The molecule has 4 aromatic carbocycles. The van der Waals surface area contributed by atoms with Gasteiger partial charge in [0.2, 0.25) is 0 Å². The van der Waals surface area contributed by atoms with Gasteiger partial charge in [-0.05, 0) is 55.7 Å². The van der Waals surface area contributed by atoms with E-state index in [4.69, 9.17) is 5.84 Å². The van der Waals surface area contributed by atoms with E-state index in [9.17, 15) is 0 Å². The Hall–Kier alpha value is -4.96. The molecule has 0 amide bonds. The number of nitrogens with zero attached hydrogens (tertiary/aromatic N) is 3. The molecule has 0 bridgehead atoms. The third kappa shape index (κ3) is 2.80. The van der Waals surface area contributed by atoms with Crippen molar-refractivity contribution in [1.29, 1.82) is 0 Å². The van der Waals surface area contributed by atoms with Gasteiger partial charge in [-0.1, -0.05) is 78.9 Å². The highest BCUT2D eigenvalue weighted by molar-refractivity contribution is 6.28. The summed E-state index contributed by atoms with van der Waals surface area (Å²) < 4.78 is 6.91. The van der Waals surface area contributed by atoms with Crippen LogP contribution in [0, 0.1) is 0 Å². The fourth-order valence-electron chi connectivity index (χ4n) is 7.23. The van der Waals surface area contributed by atoms with Crippen LogP contribution < -0.4 is 5.84 Å². The van der Waals surface area contributed by atoms with Crippen molar-refractivity contribution in [3.05, 3.63) is 115 Å². The molecule has 0 spiro atoms. The molecule has 2 aliphatic carbocycles. The van der Waals surface area contributed by atoms with Crippen molar-refractivity contribution >= 4 is 71.1 Å². The average Bonchev–Trinajstić information content (AvgIpc) is 3.62. The topological polar surface area (TPSA) is 40.8 Å². The Bertz CT molecular complexity index is 2310. The molecule has 1 unspecified atom stereocenters. The molecular weight excluding hydrogens is 488 g/mol. The predicted octanol–water partition coefficient (Wildman–Crippen LogP) is 8.97. The van der Waals surface area contributed by atoms with E-state index in [-0.39, 0.29) is 6.04 Å². The summed E-state index contributed by atoms with van der Waals surface area (Å²) in [6.07, 6.45) is 19.1. The van der Waals surface area contributed by atoms with Gasteiger partial charge in [-0.2, -0.15) is 0 Å². The van der Waals surface area contributed by atoms with Crippen molar-refractivity contribution in [2.45, 2.75) is 25.3 Å². The van der Waals surface area contributed by atoms with Crippen molar-refractivity contribution in [2.75, 3.05) is 5.84 Å². The first-order valence-electron chi connectivity index (χ1n) is 14.2. The third-order valence-corrected chi connectivity index (χ3v) is 8.95. The number of para-hydroxylation sites is 2. The second-order valence-electron chi connectivity index (χ2n) is 11.1. The van der Waals surface area contributed by atoms with E-state index in [1.807, 2.05) is 4.68 Å². The predicted molar refractivity (Wildman–Crippen MR) is 170 cm³/mol. The first-order chi connectivity index (χ1) is 19.8. The van der Waals surface area contributed by atoms with Crippen LogP contribution in [0.3, 0.4) is 0 Å². The van der Waals surface area contributed by atoms with Gasteiger partial charge in [-0.3, -0.25) is 4.68 Å². The summed E-state index contributed by atoms with van der Waals surface area (Å²) in [4.78, 5) is 0. The number of rotatable bonds is 2. The van der Waals surface area contributed by atoms with Crippen molar-refractivity contribution in [1.82, 2.24) is 13.8 Å². The summed E-state index contributed by atoms with van der Waals surface area (Å²) in [6.45, 7) is 0. The molecule has 40 heavy (non-hydrogen) atoms. The van der Waals surface area contributed by atoms with Gasteiger partial charge in [0.15, 0.2) is 0 Å². The minimum atomic E-state index is 0.248. The summed E-state index contributed by atoms with van der Waals surface area (Å²) in [7, 11) is 0. The van der Waals surface area contributed by atoms with Crippen LogP contribution in [-0.2, 0) is 0 Å². The highest BCUT2D eigenvalue weighted by atomic mass is 15.3. The molecule has 0 radical (unpaired) electrons. The van der Waals surface area contributed by atoms with E-state index in [2.05, 4.69) is 124 Å². The van der Waals surface area contributed by atoms with E-state index in [1.54, 1.807) is 0 Å². The molecule has 0 saturated carbocycles. The fraction of sp³-hybridized carbons (Fsp3) is 0.111. The molecule has 0 aliphatic heterocycles. The molecule has 4 heteroatoms. The molecular formula is C36H28N4. The van der Waals surface area contributed by atoms with E-state index in [0.29, 0.717) is 0 Å². The van der Waals surface area contributed by atoms with Crippen molar-refractivity contribution in [3.8, 4) is 0 Å². The molecule has 7 aromatic rings. The zero-order valence-corrected chi connectivity index (χ0v) is 22.1. The SMILES string of the molecule is Nn1c2ccccc2c2cc3c(cc21)c1c2c(ccc1n3C1C=CC=CC1)c1ccccc1n2C1=CCCC=C1. The maximum Gasteiger partial charge on any atom is 0.0711 e. The summed E-state index contributed by atoms with van der Waals surface area (Å²) in [5, 5.41) is 7.49. The van der Waals surface area contributed by atoms with Crippen LogP contribution in [0.25, 0.3) is 71.1 Å². The lowest BCUT2D eigenvalue weighted by Gasteiger charge is -2.18. The van der Waals surface area contributed by atoms with Crippen LogP contribution in [0.4, 0.5) is 0 Å². The van der Waals surface area contributed by atoms with Crippen molar-refractivity contribution < 1.29 is 0 Å². The van der Waals surface area contributed by atoms with Gasteiger partial charge in [-0.25, -0.2) is 0 Å². The molecule has 1 atom stereocenters. The van der Waals surface area contributed by atoms with Gasteiger partial charge in [0.1, 0.15) is 0 Å². The molecule has 3 aromatic heterocycles. The number of fused-ring (bicyclic) bond motifs is 10. The average molecular weight is 517 g/mol. The number of allylic oxidation sites excluding steroid dienone is 8. The van der Waals surface area contributed by atoms with Gasteiger partial charge in [-0.15, -0.1) is 0 Å². The zero-order chi connectivity index (χ0) is 26.4. The third-order valence-electron chi connectivity index (χ3n) is 8.95. The minimum absolute atomic E-state index is 0.248. The normalized spacial score (nSPS) is 17.4. The second-order valence-corrected chi connectivity index (χ2v) is 11.1. The monoisotopic (exact) mass is 516 g/mol.